The van der Waals surface area contributed by atoms with Crippen molar-refractivity contribution in [3.8, 4) is 5.75 Å². The normalized spacial score (nSPS) is 26.3. The predicted molar refractivity (Wildman–Crippen MR) is 89.4 cm³/mol. The number of carbonyl (C=O) groups is 1. The van der Waals surface area contributed by atoms with Crippen LogP contribution in [0.25, 0.3) is 0 Å². The van der Waals surface area contributed by atoms with Gasteiger partial charge in [0.15, 0.2) is 0 Å². The van der Waals surface area contributed by atoms with Crippen LogP contribution in [-0.2, 0) is 15.9 Å². The van der Waals surface area contributed by atoms with Crippen molar-refractivity contribution in [2.45, 2.75) is 44.2 Å². The number of carbonyl (C=O) groups excluding carboxylic acids is 1. The molecule has 2 fully saturated rings. The Kier molecular flexibility index (Phi) is 4.72. The van der Waals surface area contributed by atoms with Crippen LogP contribution in [0.2, 0.25) is 0 Å². The summed E-state index contributed by atoms with van der Waals surface area (Å²) in [6.07, 6.45) is 5.43. The fourth-order valence-corrected chi connectivity index (χ4v) is 3.35. The van der Waals surface area contributed by atoms with Crippen LogP contribution in [0.1, 0.15) is 41.6 Å². The van der Waals surface area contributed by atoms with Crippen molar-refractivity contribution in [3.63, 3.8) is 0 Å². The second-order valence-electron chi connectivity index (χ2n) is 7.03. The molecule has 1 saturated carbocycles. The van der Waals surface area contributed by atoms with Crippen LogP contribution in [0.15, 0.2) is 18.2 Å². The first kappa shape index (κ1) is 15.9. The van der Waals surface area contributed by atoms with E-state index in [1.54, 1.807) is 0 Å². The Balaban J connectivity index is 1.39. The first-order valence-electron chi connectivity index (χ1n) is 9.05. The Hall–Kier alpha value is -1.59. The van der Waals surface area contributed by atoms with Crippen LogP contribution >= 0.6 is 0 Å². The molecule has 2 heterocycles. The van der Waals surface area contributed by atoms with Gasteiger partial charge in [-0.1, -0.05) is 0 Å². The molecule has 3 aliphatic rings. The van der Waals surface area contributed by atoms with Crippen molar-refractivity contribution in [2.75, 3.05) is 26.4 Å². The molecular formula is C19H25NO4. The van der Waals surface area contributed by atoms with Gasteiger partial charge in [-0.05, 0) is 61.8 Å². The van der Waals surface area contributed by atoms with Crippen LogP contribution in [0.3, 0.4) is 0 Å². The second-order valence-corrected chi connectivity index (χ2v) is 7.03. The first-order valence-corrected chi connectivity index (χ1v) is 9.05. The van der Waals surface area contributed by atoms with E-state index in [-0.39, 0.29) is 18.1 Å². The van der Waals surface area contributed by atoms with Crippen LogP contribution < -0.4 is 10.1 Å². The van der Waals surface area contributed by atoms with Crippen LogP contribution in [0.4, 0.5) is 0 Å². The van der Waals surface area contributed by atoms with Crippen LogP contribution in [0, 0.1) is 5.92 Å². The maximum Gasteiger partial charge on any atom is 0.251 e. The molecule has 5 nitrogen and oxygen atoms in total. The molecule has 1 aliphatic carbocycles. The average molecular weight is 331 g/mol. The van der Waals surface area contributed by atoms with E-state index in [0.717, 1.165) is 49.7 Å². The van der Waals surface area contributed by atoms with Gasteiger partial charge in [-0.15, -0.1) is 0 Å². The van der Waals surface area contributed by atoms with Crippen molar-refractivity contribution in [3.05, 3.63) is 29.3 Å². The maximum atomic E-state index is 12.6. The molecule has 1 aromatic carbocycles. The van der Waals surface area contributed by atoms with Gasteiger partial charge in [0.2, 0.25) is 0 Å². The van der Waals surface area contributed by atoms with E-state index in [0.29, 0.717) is 18.8 Å². The lowest BCUT2D eigenvalue weighted by Crippen LogP contribution is -2.50. The van der Waals surface area contributed by atoms with E-state index in [4.69, 9.17) is 14.2 Å². The van der Waals surface area contributed by atoms with Gasteiger partial charge in [-0.25, -0.2) is 0 Å². The zero-order chi connectivity index (χ0) is 16.4. The molecule has 0 bridgehead atoms. The molecule has 2 atom stereocenters. The molecule has 24 heavy (non-hydrogen) atoms. The number of hydrogen-bond acceptors (Lipinski definition) is 4. The Bertz CT molecular complexity index is 599. The fourth-order valence-electron chi connectivity index (χ4n) is 3.35. The van der Waals surface area contributed by atoms with E-state index in [1.807, 2.05) is 18.2 Å². The van der Waals surface area contributed by atoms with Crippen molar-refractivity contribution >= 4 is 5.91 Å². The van der Waals surface area contributed by atoms with Crippen LogP contribution in [0.5, 0.6) is 5.75 Å². The first-order chi connectivity index (χ1) is 11.8. The summed E-state index contributed by atoms with van der Waals surface area (Å²) in [6.45, 7) is 2.80. The van der Waals surface area contributed by atoms with E-state index in [9.17, 15) is 4.79 Å². The predicted octanol–water partition coefficient (Wildman–Crippen LogP) is 2.33. The lowest BCUT2D eigenvalue weighted by molar-refractivity contribution is -0.0567. The number of ether oxygens (including phenoxy) is 3. The number of nitrogens with one attached hydrogen (secondary N) is 1. The zero-order valence-corrected chi connectivity index (χ0v) is 14.0. The Morgan fingerprint density at radius 1 is 1.25 bits per heavy atom. The Morgan fingerprint density at radius 2 is 2.17 bits per heavy atom. The van der Waals surface area contributed by atoms with Gasteiger partial charge >= 0.3 is 0 Å². The van der Waals surface area contributed by atoms with Gasteiger partial charge < -0.3 is 19.5 Å². The van der Waals surface area contributed by atoms with Gasteiger partial charge in [0.05, 0.1) is 25.4 Å². The lowest BCUT2D eigenvalue weighted by atomic mass is 10.0. The van der Waals surface area contributed by atoms with Gasteiger partial charge in [-0.3, -0.25) is 4.79 Å². The summed E-state index contributed by atoms with van der Waals surface area (Å²) in [5.74, 6) is 1.58. The monoisotopic (exact) mass is 331 g/mol. The Labute approximate surface area is 142 Å². The minimum Gasteiger partial charge on any atom is -0.493 e. The summed E-state index contributed by atoms with van der Waals surface area (Å²) < 4.78 is 17.2. The van der Waals surface area contributed by atoms with Crippen molar-refractivity contribution in [2.24, 2.45) is 5.92 Å². The highest BCUT2D eigenvalue weighted by Crippen LogP contribution is 2.30. The second kappa shape index (κ2) is 7.11. The summed E-state index contributed by atoms with van der Waals surface area (Å²) >= 11 is 0. The highest BCUT2D eigenvalue weighted by Gasteiger charge is 2.31. The largest absolute Gasteiger partial charge is 0.493 e. The summed E-state index contributed by atoms with van der Waals surface area (Å²) in [5, 5.41) is 3.11. The summed E-state index contributed by atoms with van der Waals surface area (Å²) in [5.41, 5.74) is 1.81. The molecule has 130 valence electrons. The SMILES string of the molecule is O=C(N[C@@H]1COCC[C@@H]1OCC1CC1)c1ccc2c(c1)CCCO2. The van der Waals surface area contributed by atoms with E-state index < -0.39 is 0 Å². The molecule has 0 radical (unpaired) electrons. The van der Waals surface area contributed by atoms with Gasteiger partial charge in [0.1, 0.15) is 5.75 Å². The van der Waals surface area contributed by atoms with Gasteiger partial charge in [0, 0.05) is 18.8 Å². The van der Waals surface area contributed by atoms with Crippen molar-refractivity contribution in [1.29, 1.82) is 0 Å². The molecule has 1 saturated heterocycles. The molecule has 2 aliphatic heterocycles. The molecule has 5 heteroatoms. The van der Waals surface area contributed by atoms with Crippen molar-refractivity contribution < 1.29 is 19.0 Å². The Morgan fingerprint density at radius 3 is 3.04 bits per heavy atom. The molecule has 1 aromatic rings. The van der Waals surface area contributed by atoms with E-state index in [1.165, 1.54) is 12.8 Å². The molecule has 0 unspecified atom stereocenters. The van der Waals surface area contributed by atoms with Crippen LogP contribution in [-0.4, -0.2) is 44.5 Å². The zero-order valence-electron chi connectivity index (χ0n) is 14.0. The highest BCUT2D eigenvalue weighted by atomic mass is 16.5. The minimum absolute atomic E-state index is 0.0566. The maximum absolute atomic E-state index is 12.6. The molecule has 0 spiro atoms. The summed E-state index contributed by atoms with van der Waals surface area (Å²) in [6, 6.07) is 5.62. The third-order valence-corrected chi connectivity index (χ3v) is 5.02. The number of fused-ring (bicyclic) bond motifs is 1. The topological polar surface area (TPSA) is 56.8 Å². The number of rotatable bonds is 5. The quantitative estimate of drug-likeness (QED) is 0.900. The number of hydrogen-bond donors (Lipinski definition) is 1. The number of aryl methyl sites for hydroxylation is 1. The number of amides is 1. The lowest BCUT2D eigenvalue weighted by Gasteiger charge is -2.32. The summed E-state index contributed by atoms with van der Waals surface area (Å²) in [7, 11) is 0. The van der Waals surface area contributed by atoms with Gasteiger partial charge in [0.25, 0.3) is 5.91 Å². The number of benzene rings is 1. The molecule has 4 rings (SSSR count). The molecule has 1 N–H and O–H groups in total. The average Bonchev–Trinajstić information content (AvgIpc) is 3.45. The van der Waals surface area contributed by atoms with Crippen molar-refractivity contribution in [1.82, 2.24) is 5.32 Å². The molecule has 0 aromatic heterocycles. The highest BCUT2D eigenvalue weighted by molar-refractivity contribution is 5.94. The standard InChI is InChI=1S/C19H25NO4/c21-19(15-5-6-17-14(10-15)2-1-8-23-17)20-16-12-22-9-7-18(16)24-11-13-3-4-13/h5-6,10,13,16,18H,1-4,7-9,11-12H2,(H,20,21)/t16-,18+/m1/s1. The third-order valence-electron chi connectivity index (χ3n) is 5.02. The van der Waals surface area contributed by atoms with E-state index in [2.05, 4.69) is 5.32 Å². The summed E-state index contributed by atoms with van der Waals surface area (Å²) in [4.78, 5) is 12.6. The molecular weight excluding hydrogens is 306 g/mol. The minimum atomic E-state index is -0.0720. The van der Waals surface area contributed by atoms with E-state index >= 15 is 0 Å². The van der Waals surface area contributed by atoms with Gasteiger partial charge in [-0.2, -0.15) is 0 Å². The molecule has 1 amide bonds. The third kappa shape index (κ3) is 3.73. The smallest absolute Gasteiger partial charge is 0.251 e. The fraction of sp³-hybridized carbons (Fsp3) is 0.632.